The second-order valence-corrected chi connectivity index (χ2v) is 7.48. The van der Waals surface area contributed by atoms with Crippen molar-refractivity contribution in [3.05, 3.63) is 39.1 Å². The van der Waals surface area contributed by atoms with E-state index < -0.39 is 0 Å². The SMILES string of the molecule is CCc1onc(C)c1C(=O)N1CCC(N(C)Cc2cc(=O)[nH]c(N(C)C)n2)C1. The number of likely N-dealkylation sites (tertiary alicyclic amines) is 1. The smallest absolute Gasteiger partial charge is 0.259 e. The summed E-state index contributed by atoms with van der Waals surface area (Å²) in [7, 11) is 5.67. The van der Waals surface area contributed by atoms with Crippen LogP contribution in [0.2, 0.25) is 0 Å². The van der Waals surface area contributed by atoms with Gasteiger partial charge in [0.15, 0.2) is 0 Å². The number of nitrogens with one attached hydrogen (secondary N) is 1. The second kappa shape index (κ2) is 8.14. The lowest BCUT2D eigenvalue weighted by Crippen LogP contribution is -2.37. The first-order chi connectivity index (χ1) is 13.3. The number of likely N-dealkylation sites (N-methyl/N-ethyl adjacent to an activating group) is 1. The van der Waals surface area contributed by atoms with Crippen LogP contribution in [0, 0.1) is 6.92 Å². The molecule has 9 nitrogen and oxygen atoms in total. The van der Waals surface area contributed by atoms with Crippen molar-refractivity contribution >= 4 is 11.9 Å². The zero-order chi connectivity index (χ0) is 20.4. The number of H-pyrrole nitrogens is 1. The summed E-state index contributed by atoms with van der Waals surface area (Å²) in [6.07, 6.45) is 1.51. The molecule has 1 saturated heterocycles. The van der Waals surface area contributed by atoms with Gasteiger partial charge in [-0.25, -0.2) is 4.98 Å². The van der Waals surface area contributed by atoms with E-state index in [9.17, 15) is 9.59 Å². The molecule has 1 aliphatic heterocycles. The Bertz CT molecular complexity index is 903. The Balaban J connectivity index is 1.67. The molecule has 28 heavy (non-hydrogen) atoms. The lowest BCUT2D eigenvalue weighted by Gasteiger charge is -2.24. The molecule has 2 aromatic heterocycles. The number of aromatic amines is 1. The molecule has 0 aliphatic carbocycles. The van der Waals surface area contributed by atoms with Crippen molar-refractivity contribution in [3.63, 3.8) is 0 Å². The van der Waals surface area contributed by atoms with Crippen molar-refractivity contribution in [1.29, 1.82) is 0 Å². The van der Waals surface area contributed by atoms with E-state index in [2.05, 4.69) is 20.0 Å². The van der Waals surface area contributed by atoms with E-state index in [1.807, 2.05) is 33.0 Å². The summed E-state index contributed by atoms with van der Waals surface area (Å²) in [5, 5.41) is 3.94. The highest BCUT2D eigenvalue weighted by Crippen LogP contribution is 2.22. The summed E-state index contributed by atoms with van der Waals surface area (Å²) < 4.78 is 5.27. The van der Waals surface area contributed by atoms with Crippen molar-refractivity contribution in [2.75, 3.05) is 39.1 Å². The van der Waals surface area contributed by atoms with Gasteiger partial charge in [-0.15, -0.1) is 0 Å². The molecule has 1 aliphatic rings. The Morgan fingerprint density at radius 3 is 2.82 bits per heavy atom. The number of rotatable bonds is 6. The molecular weight excluding hydrogens is 360 g/mol. The summed E-state index contributed by atoms with van der Waals surface area (Å²) >= 11 is 0. The molecule has 0 radical (unpaired) electrons. The minimum absolute atomic E-state index is 0.0179. The average molecular weight is 388 g/mol. The van der Waals surface area contributed by atoms with E-state index in [-0.39, 0.29) is 17.5 Å². The molecule has 3 heterocycles. The molecule has 152 valence electrons. The third kappa shape index (κ3) is 4.09. The Kier molecular flexibility index (Phi) is 5.83. The standard InChI is InChI=1S/C19H28N6O3/c1-6-15-17(12(2)22-28-15)18(27)25-8-7-14(11-25)24(5)10-13-9-16(26)21-19(20-13)23(3)4/h9,14H,6-8,10-11H2,1-5H3,(H,20,21,26). The van der Waals surface area contributed by atoms with Gasteiger partial charge < -0.3 is 14.3 Å². The monoisotopic (exact) mass is 388 g/mol. The lowest BCUT2D eigenvalue weighted by atomic mass is 10.1. The fraction of sp³-hybridized carbons (Fsp3) is 0.579. The molecule has 9 heteroatoms. The van der Waals surface area contributed by atoms with Crippen LogP contribution in [0.25, 0.3) is 0 Å². The number of aromatic nitrogens is 3. The highest BCUT2D eigenvalue weighted by Gasteiger charge is 2.32. The van der Waals surface area contributed by atoms with E-state index in [0.29, 0.717) is 54.7 Å². The normalized spacial score (nSPS) is 16.8. The van der Waals surface area contributed by atoms with Gasteiger partial charge in [0.1, 0.15) is 11.3 Å². The predicted molar refractivity (Wildman–Crippen MR) is 106 cm³/mol. The number of carbonyl (C=O) groups is 1. The number of hydrogen-bond donors (Lipinski definition) is 1. The fourth-order valence-electron chi connectivity index (χ4n) is 3.55. The van der Waals surface area contributed by atoms with Gasteiger partial charge in [0, 0.05) is 52.3 Å². The molecule has 3 rings (SSSR count). The van der Waals surface area contributed by atoms with Crippen molar-refractivity contribution in [3.8, 4) is 0 Å². The molecule has 1 unspecified atom stereocenters. The summed E-state index contributed by atoms with van der Waals surface area (Å²) in [6, 6.07) is 1.73. The van der Waals surface area contributed by atoms with Crippen LogP contribution in [0.3, 0.4) is 0 Å². The molecule has 0 bridgehead atoms. The van der Waals surface area contributed by atoms with Crippen LogP contribution in [-0.4, -0.2) is 71.1 Å². The molecule has 1 fully saturated rings. The number of nitrogens with zero attached hydrogens (tertiary/aromatic N) is 5. The zero-order valence-electron chi connectivity index (χ0n) is 17.2. The summed E-state index contributed by atoms with van der Waals surface area (Å²) in [4.78, 5) is 37.8. The Morgan fingerprint density at radius 1 is 1.39 bits per heavy atom. The van der Waals surface area contributed by atoms with Crippen LogP contribution in [0.1, 0.15) is 40.9 Å². The largest absolute Gasteiger partial charge is 0.360 e. The number of hydrogen-bond acceptors (Lipinski definition) is 7. The Morgan fingerprint density at radius 2 is 2.14 bits per heavy atom. The van der Waals surface area contributed by atoms with Crippen LogP contribution in [0.4, 0.5) is 5.95 Å². The fourth-order valence-corrected chi connectivity index (χ4v) is 3.55. The predicted octanol–water partition coefficient (Wildman–Crippen LogP) is 1.04. The van der Waals surface area contributed by atoms with Crippen molar-refractivity contribution < 1.29 is 9.32 Å². The molecule has 0 aromatic carbocycles. The van der Waals surface area contributed by atoms with Gasteiger partial charge in [-0.05, 0) is 20.4 Å². The van der Waals surface area contributed by atoms with E-state index in [0.717, 1.165) is 6.42 Å². The quantitative estimate of drug-likeness (QED) is 0.789. The maximum Gasteiger partial charge on any atom is 0.259 e. The van der Waals surface area contributed by atoms with Crippen molar-refractivity contribution in [2.24, 2.45) is 0 Å². The molecule has 1 atom stereocenters. The van der Waals surface area contributed by atoms with Gasteiger partial charge in [0.2, 0.25) is 5.95 Å². The topological polar surface area (TPSA) is 98.6 Å². The van der Waals surface area contributed by atoms with E-state index >= 15 is 0 Å². The molecule has 1 amide bonds. The van der Waals surface area contributed by atoms with Crippen LogP contribution < -0.4 is 10.5 Å². The lowest BCUT2D eigenvalue weighted by molar-refractivity contribution is 0.0776. The molecule has 1 N–H and O–H groups in total. The highest BCUT2D eigenvalue weighted by atomic mass is 16.5. The minimum Gasteiger partial charge on any atom is -0.360 e. The summed E-state index contributed by atoms with van der Waals surface area (Å²) in [5.41, 5.74) is 1.78. The molecule has 0 spiro atoms. The maximum absolute atomic E-state index is 12.9. The van der Waals surface area contributed by atoms with Gasteiger partial charge in [-0.3, -0.25) is 19.5 Å². The first-order valence-corrected chi connectivity index (χ1v) is 9.52. The summed E-state index contributed by atoms with van der Waals surface area (Å²) in [5.74, 6) is 1.16. The number of carbonyl (C=O) groups excluding carboxylic acids is 1. The first-order valence-electron chi connectivity index (χ1n) is 9.52. The number of aryl methyl sites for hydroxylation is 2. The van der Waals surface area contributed by atoms with E-state index in [1.165, 1.54) is 6.07 Å². The van der Waals surface area contributed by atoms with Crippen LogP contribution in [0.15, 0.2) is 15.4 Å². The van der Waals surface area contributed by atoms with E-state index in [1.54, 1.807) is 11.8 Å². The van der Waals surface area contributed by atoms with E-state index in [4.69, 9.17) is 4.52 Å². The van der Waals surface area contributed by atoms with Gasteiger partial charge >= 0.3 is 0 Å². The second-order valence-electron chi connectivity index (χ2n) is 7.48. The van der Waals surface area contributed by atoms with Crippen LogP contribution >= 0.6 is 0 Å². The molecule has 2 aromatic rings. The maximum atomic E-state index is 12.9. The highest BCUT2D eigenvalue weighted by molar-refractivity contribution is 5.96. The van der Waals surface area contributed by atoms with Gasteiger partial charge in [0.05, 0.1) is 11.4 Å². The minimum atomic E-state index is -0.166. The molecule has 0 saturated carbocycles. The van der Waals surface area contributed by atoms with Crippen molar-refractivity contribution in [1.82, 2.24) is 24.9 Å². The molecular formula is C19H28N6O3. The number of anilines is 1. The van der Waals surface area contributed by atoms with Crippen LogP contribution in [-0.2, 0) is 13.0 Å². The van der Waals surface area contributed by atoms with Gasteiger partial charge in [0.25, 0.3) is 11.5 Å². The summed E-state index contributed by atoms with van der Waals surface area (Å²) in [6.45, 7) is 5.62. The first kappa shape index (κ1) is 20.1. The van der Waals surface area contributed by atoms with Gasteiger partial charge in [-0.1, -0.05) is 12.1 Å². The van der Waals surface area contributed by atoms with Crippen molar-refractivity contribution in [2.45, 2.75) is 39.3 Å². The average Bonchev–Trinajstić information content (AvgIpc) is 3.27. The zero-order valence-corrected chi connectivity index (χ0v) is 17.2. The van der Waals surface area contributed by atoms with Crippen LogP contribution in [0.5, 0.6) is 0 Å². The Hall–Kier alpha value is -2.68. The van der Waals surface area contributed by atoms with Gasteiger partial charge in [-0.2, -0.15) is 0 Å². The third-order valence-corrected chi connectivity index (χ3v) is 5.16. The Labute approximate surface area is 164 Å². The third-order valence-electron chi connectivity index (χ3n) is 5.16. The number of amides is 1.